The van der Waals surface area contributed by atoms with E-state index in [4.69, 9.17) is 5.41 Å². The second-order valence-electron chi connectivity index (χ2n) is 5.91. The zero-order valence-electron chi connectivity index (χ0n) is 14.4. The van der Waals surface area contributed by atoms with E-state index in [2.05, 4.69) is 37.9 Å². The highest BCUT2D eigenvalue weighted by atomic mass is 32.2. The van der Waals surface area contributed by atoms with Crippen LogP contribution in [0.2, 0.25) is 0 Å². The first-order valence-corrected chi connectivity index (χ1v) is 9.37. The molecule has 0 atom stereocenters. The first-order valence-electron chi connectivity index (χ1n) is 8.19. The lowest BCUT2D eigenvalue weighted by Gasteiger charge is -2.34. The fraction of sp³-hybridized carbons (Fsp3) is 0.333. The molecule has 0 radical (unpaired) electrons. The van der Waals surface area contributed by atoms with Crippen LogP contribution in [0, 0.1) is 18.2 Å². The van der Waals surface area contributed by atoms with Gasteiger partial charge in [0.1, 0.15) is 11.6 Å². The molecule has 3 rings (SSSR count). The van der Waals surface area contributed by atoms with Gasteiger partial charge in [0, 0.05) is 49.3 Å². The zero-order valence-corrected chi connectivity index (χ0v) is 15.2. The van der Waals surface area contributed by atoms with Crippen molar-refractivity contribution < 1.29 is 4.39 Å². The molecule has 5 nitrogen and oxygen atoms in total. The maximum absolute atomic E-state index is 13.6. The number of hydrogen-bond donors (Lipinski definition) is 2. The topological polar surface area (TPSA) is 55.2 Å². The number of hydrogen-bond acceptors (Lipinski definition) is 6. The molecule has 0 spiro atoms. The second kappa shape index (κ2) is 7.84. The van der Waals surface area contributed by atoms with Gasteiger partial charge in [0.05, 0.1) is 5.69 Å². The van der Waals surface area contributed by atoms with Crippen molar-refractivity contribution in [1.82, 2.24) is 9.29 Å². The molecule has 0 unspecified atom stereocenters. The molecule has 0 saturated carbocycles. The summed E-state index contributed by atoms with van der Waals surface area (Å²) in [6, 6.07) is 9.47. The summed E-state index contributed by atoms with van der Waals surface area (Å²) < 4.78 is 16.0. The number of nitrogens with one attached hydrogen (secondary N) is 2. The van der Waals surface area contributed by atoms with Crippen LogP contribution in [0.4, 0.5) is 21.6 Å². The van der Waals surface area contributed by atoms with Crippen molar-refractivity contribution in [3.05, 3.63) is 47.4 Å². The van der Waals surface area contributed by atoms with Crippen LogP contribution in [-0.2, 0) is 0 Å². The summed E-state index contributed by atoms with van der Waals surface area (Å²) in [7, 11) is 0. The molecule has 1 fully saturated rings. The lowest BCUT2D eigenvalue weighted by atomic mass is 10.2. The van der Waals surface area contributed by atoms with Gasteiger partial charge < -0.3 is 15.6 Å². The van der Waals surface area contributed by atoms with Crippen molar-refractivity contribution in [2.75, 3.05) is 42.7 Å². The zero-order chi connectivity index (χ0) is 17.8. The molecule has 0 amide bonds. The summed E-state index contributed by atoms with van der Waals surface area (Å²) in [5.74, 6) is 0.0963. The third kappa shape index (κ3) is 4.11. The summed E-state index contributed by atoms with van der Waals surface area (Å²) in [5.41, 5.74) is 2.81. The molecule has 132 valence electrons. The molecular formula is C18H22FN5S. The van der Waals surface area contributed by atoms with Gasteiger partial charge in [-0.25, -0.2) is 13.7 Å². The maximum Gasteiger partial charge on any atom is 0.145 e. The molecule has 1 aliphatic rings. The van der Waals surface area contributed by atoms with Crippen LogP contribution in [-0.4, -0.2) is 47.9 Å². The first-order chi connectivity index (χ1) is 12.1. The second-order valence-corrected chi connectivity index (χ2v) is 6.79. The van der Waals surface area contributed by atoms with E-state index in [0.29, 0.717) is 17.1 Å². The van der Waals surface area contributed by atoms with Crippen molar-refractivity contribution in [3.63, 3.8) is 0 Å². The van der Waals surface area contributed by atoms with E-state index >= 15 is 0 Å². The SMILES string of the molecule is CSN1CCN(c2ccc(Nc3nc(C)c(F)cc3C=N)cc2)CC1. The Morgan fingerprint density at radius 2 is 1.88 bits per heavy atom. The number of benzene rings is 1. The number of aromatic nitrogens is 1. The van der Waals surface area contributed by atoms with Gasteiger partial charge in [-0.3, -0.25) is 0 Å². The highest BCUT2D eigenvalue weighted by Crippen LogP contribution is 2.24. The Morgan fingerprint density at radius 1 is 1.20 bits per heavy atom. The van der Waals surface area contributed by atoms with E-state index in [1.54, 1.807) is 18.9 Å². The van der Waals surface area contributed by atoms with E-state index in [0.717, 1.165) is 38.1 Å². The molecular weight excluding hydrogens is 337 g/mol. The standard InChI is InChI=1S/C18H22FN5S/c1-13-17(19)11-14(12-20)18(21-13)22-15-3-5-16(6-4-15)23-7-9-24(25-2)10-8-23/h3-6,11-12,20H,7-10H2,1-2H3,(H,21,22). The minimum Gasteiger partial charge on any atom is -0.369 e. The number of halogens is 1. The van der Waals surface area contributed by atoms with Crippen LogP contribution >= 0.6 is 11.9 Å². The lowest BCUT2D eigenvalue weighted by molar-refractivity contribution is 0.431. The Hall–Kier alpha value is -2.12. The quantitative estimate of drug-likeness (QED) is 0.630. The van der Waals surface area contributed by atoms with Crippen LogP contribution in [0.25, 0.3) is 0 Å². The summed E-state index contributed by atoms with van der Waals surface area (Å²) in [5, 5.41) is 10.6. The Balaban J connectivity index is 1.71. The number of pyridine rings is 1. The van der Waals surface area contributed by atoms with E-state index in [-0.39, 0.29) is 0 Å². The molecule has 1 saturated heterocycles. The molecule has 1 aromatic carbocycles. The lowest BCUT2D eigenvalue weighted by Crippen LogP contribution is -2.43. The molecule has 2 heterocycles. The van der Waals surface area contributed by atoms with Gasteiger partial charge >= 0.3 is 0 Å². The normalized spacial score (nSPS) is 15.2. The van der Waals surface area contributed by atoms with Crippen molar-refractivity contribution in [2.24, 2.45) is 0 Å². The molecule has 2 aromatic rings. The van der Waals surface area contributed by atoms with Gasteiger partial charge in [0.15, 0.2) is 0 Å². The Kier molecular flexibility index (Phi) is 5.55. The van der Waals surface area contributed by atoms with Gasteiger partial charge in [0.2, 0.25) is 0 Å². The van der Waals surface area contributed by atoms with Crippen LogP contribution in [0.3, 0.4) is 0 Å². The first kappa shape index (κ1) is 17.7. The fourth-order valence-corrected chi connectivity index (χ4v) is 3.35. The minimum absolute atomic E-state index is 0.316. The van der Waals surface area contributed by atoms with Crippen LogP contribution in [0.15, 0.2) is 30.3 Å². The van der Waals surface area contributed by atoms with Crippen molar-refractivity contribution in [2.45, 2.75) is 6.92 Å². The van der Waals surface area contributed by atoms with Gasteiger partial charge in [-0.2, -0.15) is 0 Å². The molecule has 1 aliphatic heterocycles. The molecule has 25 heavy (non-hydrogen) atoms. The molecule has 0 aliphatic carbocycles. The summed E-state index contributed by atoms with van der Waals surface area (Å²) >= 11 is 1.80. The Morgan fingerprint density at radius 3 is 2.48 bits per heavy atom. The molecule has 7 heteroatoms. The average molecular weight is 359 g/mol. The maximum atomic E-state index is 13.6. The van der Waals surface area contributed by atoms with Crippen molar-refractivity contribution in [1.29, 1.82) is 5.41 Å². The predicted molar refractivity (Wildman–Crippen MR) is 104 cm³/mol. The average Bonchev–Trinajstić information content (AvgIpc) is 2.65. The summed E-state index contributed by atoms with van der Waals surface area (Å²) in [6.07, 6.45) is 3.22. The van der Waals surface area contributed by atoms with Crippen LogP contribution < -0.4 is 10.2 Å². The van der Waals surface area contributed by atoms with E-state index in [1.165, 1.54) is 11.8 Å². The molecule has 0 bridgehead atoms. The third-order valence-corrected chi connectivity index (χ3v) is 5.21. The molecule has 2 N–H and O–H groups in total. The van der Waals surface area contributed by atoms with Gasteiger partial charge in [0.25, 0.3) is 0 Å². The number of rotatable bonds is 5. The minimum atomic E-state index is -0.399. The van der Waals surface area contributed by atoms with E-state index in [1.807, 2.05) is 12.1 Å². The van der Waals surface area contributed by atoms with Crippen LogP contribution in [0.5, 0.6) is 0 Å². The summed E-state index contributed by atoms with van der Waals surface area (Å²) in [4.78, 5) is 6.59. The fourth-order valence-electron chi connectivity index (χ4n) is 2.83. The number of nitrogens with zero attached hydrogens (tertiary/aromatic N) is 3. The number of anilines is 3. The highest BCUT2D eigenvalue weighted by Gasteiger charge is 2.16. The summed E-state index contributed by atoms with van der Waals surface area (Å²) in [6.45, 7) is 5.77. The van der Waals surface area contributed by atoms with Crippen molar-refractivity contribution in [3.8, 4) is 0 Å². The number of piperazine rings is 1. The third-order valence-electron chi connectivity index (χ3n) is 4.33. The number of aryl methyl sites for hydroxylation is 1. The highest BCUT2D eigenvalue weighted by molar-refractivity contribution is 7.96. The molecule has 1 aromatic heterocycles. The van der Waals surface area contributed by atoms with Gasteiger partial charge in [-0.15, -0.1) is 0 Å². The van der Waals surface area contributed by atoms with E-state index in [9.17, 15) is 4.39 Å². The Bertz CT molecular complexity index is 742. The van der Waals surface area contributed by atoms with Gasteiger partial charge in [-0.1, -0.05) is 11.9 Å². The van der Waals surface area contributed by atoms with E-state index < -0.39 is 5.82 Å². The largest absolute Gasteiger partial charge is 0.369 e. The van der Waals surface area contributed by atoms with Crippen molar-refractivity contribution >= 4 is 35.4 Å². The van der Waals surface area contributed by atoms with Gasteiger partial charge in [-0.05, 0) is 43.5 Å². The smallest absolute Gasteiger partial charge is 0.145 e. The monoisotopic (exact) mass is 359 g/mol. The predicted octanol–water partition coefficient (Wildman–Crippen LogP) is 3.67. The Labute approximate surface area is 151 Å². The van der Waals surface area contributed by atoms with Crippen LogP contribution in [0.1, 0.15) is 11.3 Å².